The number of methoxy groups -OCH3 is 1. The van der Waals surface area contributed by atoms with Crippen LogP contribution in [0, 0.1) is 0 Å². The van der Waals surface area contributed by atoms with Crippen LogP contribution >= 0.6 is 0 Å². The number of amides is 1. The number of nitrogens with zero attached hydrogens (tertiary/aromatic N) is 1. The van der Waals surface area contributed by atoms with Crippen LogP contribution in [-0.4, -0.2) is 36.4 Å². The first-order valence-electron chi connectivity index (χ1n) is 7.65. The molecule has 2 N–H and O–H groups in total. The molecule has 6 nitrogen and oxygen atoms in total. The van der Waals surface area contributed by atoms with Gasteiger partial charge in [0, 0.05) is 12.1 Å². The van der Waals surface area contributed by atoms with E-state index in [1.165, 1.54) is 12.0 Å². The van der Waals surface area contributed by atoms with E-state index in [1.807, 2.05) is 30.3 Å². The topological polar surface area (TPSA) is 79.2 Å². The summed E-state index contributed by atoms with van der Waals surface area (Å²) < 4.78 is 11.3. The Hall–Kier alpha value is -2.57. The molecule has 0 aliphatic carbocycles. The summed E-state index contributed by atoms with van der Waals surface area (Å²) >= 11 is 0. The van der Waals surface area contributed by atoms with E-state index in [0.29, 0.717) is 22.7 Å². The van der Waals surface area contributed by atoms with Crippen molar-refractivity contribution < 1.29 is 24.5 Å². The Labute approximate surface area is 139 Å². The SMILES string of the molecule is COc1cc(CO)cc2c1OC(c1ccccc1)C(=O)N2CCO. The molecular weight excluding hydrogens is 310 g/mol. The molecule has 1 heterocycles. The molecule has 0 fully saturated rings. The van der Waals surface area contributed by atoms with Gasteiger partial charge in [0.2, 0.25) is 6.10 Å². The molecule has 2 aromatic carbocycles. The number of benzene rings is 2. The first kappa shape index (κ1) is 16.3. The molecule has 1 atom stereocenters. The molecule has 126 valence electrons. The van der Waals surface area contributed by atoms with Crippen molar-refractivity contribution in [2.45, 2.75) is 12.7 Å². The second-order valence-electron chi connectivity index (χ2n) is 5.43. The quantitative estimate of drug-likeness (QED) is 0.872. The first-order chi connectivity index (χ1) is 11.7. The number of fused-ring (bicyclic) bond motifs is 1. The van der Waals surface area contributed by atoms with E-state index in [9.17, 15) is 15.0 Å². The summed E-state index contributed by atoms with van der Waals surface area (Å²) in [6, 6.07) is 12.5. The fourth-order valence-electron chi connectivity index (χ4n) is 2.80. The smallest absolute Gasteiger partial charge is 0.272 e. The Morgan fingerprint density at radius 1 is 1.21 bits per heavy atom. The maximum Gasteiger partial charge on any atom is 0.272 e. The molecule has 1 amide bonds. The fourth-order valence-corrected chi connectivity index (χ4v) is 2.80. The van der Waals surface area contributed by atoms with Crippen molar-refractivity contribution in [2.24, 2.45) is 0 Å². The van der Waals surface area contributed by atoms with E-state index in [2.05, 4.69) is 0 Å². The standard InChI is InChI=1S/C18H19NO5/c1-23-15-10-12(11-21)9-14-17(15)24-16(13-5-3-2-4-6-13)18(22)19(14)7-8-20/h2-6,9-10,16,20-21H,7-8,11H2,1H3. The van der Waals surface area contributed by atoms with Crippen LogP contribution in [0.3, 0.4) is 0 Å². The molecule has 0 saturated carbocycles. The van der Waals surface area contributed by atoms with Crippen molar-refractivity contribution in [3.05, 3.63) is 53.6 Å². The molecule has 1 aliphatic heterocycles. The van der Waals surface area contributed by atoms with Crippen LogP contribution in [0.4, 0.5) is 5.69 Å². The molecule has 3 rings (SSSR count). The number of hydrogen-bond acceptors (Lipinski definition) is 5. The average Bonchev–Trinajstić information content (AvgIpc) is 2.63. The highest BCUT2D eigenvalue weighted by molar-refractivity contribution is 6.01. The molecular formula is C18H19NO5. The van der Waals surface area contributed by atoms with Crippen molar-refractivity contribution >= 4 is 11.6 Å². The molecule has 2 aromatic rings. The van der Waals surface area contributed by atoms with Crippen LogP contribution in [0.25, 0.3) is 0 Å². The van der Waals surface area contributed by atoms with Crippen LogP contribution in [-0.2, 0) is 11.4 Å². The number of hydrogen-bond donors (Lipinski definition) is 2. The summed E-state index contributed by atoms with van der Waals surface area (Å²) in [5.41, 5.74) is 1.82. The van der Waals surface area contributed by atoms with E-state index in [-0.39, 0.29) is 25.7 Å². The molecule has 24 heavy (non-hydrogen) atoms. The monoisotopic (exact) mass is 329 g/mol. The second-order valence-corrected chi connectivity index (χ2v) is 5.43. The molecule has 0 saturated heterocycles. The minimum absolute atomic E-state index is 0.135. The highest BCUT2D eigenvalue weighted by Crippen LogP contribution is 2.45. The average molecular weight is 329 g/mol. The molecule has 0 radical (unpaired) electrons. The Morgan fingerprint density at radius 3 is 2.58 bits per heavy atom. The van der Waals surface area contributed by atoms with Gasteiger partial charge in [0.15, 0.2) is 11.5 Å². The zero-order valence-corrected chi connectivity index (χ0v) is 13.3. The zero-order chi connectivity index (χ0) is 17.1. The molecule has 0 bridgehead atoms. The van der Waals surface area contributed by atoms with E-state index >= 15 is 0 Å². The van der Waals surface area contributed by atoms with E-state index in [0.717, 1.165) is 5.56 Å². The zero-order valence-electron chi connectivity index (χ0n) is 13.3. The van der Waals surface area contributed by atoms with Gasteiger partial charge < -0.3 is 24.6 Å². The van der Waals surface area contributed by atoms with Gasteiger partial charge in [-0.1, -0.05) is 30.3 Å². The lowest BCUT2D eigenvalue weighted by Gasteiger charge is -2.35. The summed E-state index contributed by atoms with van der Waals surface area (Å²) in [6.45, 7) is -0.234. The molecule has 0 aromatic heterocycles. The van der Waals surface area contributed by atoms with Gasteiger partial charge in [-0.25, -0.2) is 0 Å². The first-order valence-corrected chi connectivity index (χ1v) is 7.65. The molecule has 0 spiro atoms. The van der Waals surface area contributed by atoms with Crippen LogP contribution in [0.5, 0.6) is 11.5 Å². The van der Waals surface area contributed by atoms with Crippen LogP contribution < -0.4 is 14.4 Å². The highest BCUT2D eigenvalue weighted by Gasteiger charge is 2.37. The van der Waals surface area contributed by atoms with Crippen LogP contribution in [0.1, 0.15) is 17.2 Å². The maximum absolute atomic E-state index is 12.9. The third-order valence-corrected chi connectivity index (χ3v) is 3.94. The summed E-state index contributed by atoms with van der Waals surface area (Å²) in [5, 5.41) is 18.8. The normalized spacial score (nSPS) is 16.5. The van der Waals surface area contributed by atoms with Crippen molar-refractivity contribution in [1.82, 2.24) is 0 Å². The van der Waals surface area contributed by atoms with Gasteiger partial charge in [-0.2, -0.15) is 0 Å². The second kappa shape index (κ2) is 6.90. The maximum atomic E-state index is 12.9. The third-order valence-electron chi connectivity index (χ3n) is 3.94. The fraction of sp³-hybridized carbons (Fsp3) is 0.278. The van der Waals surface area contributed by atoms with E-state index in [1.54, 1.807) is 12.1 Å². The lowest BCUT2D eigenvalue weighted by atomic mass is 10.0. The lowest BCUT2D eigenvalue weighted by molar-refractivity contribution is -0.126. The van der Waals surface area contributed by atoms with Gasteiger partial charge in [-0.15, -0.1) is 0 Å². The minimum atomic E-state index is -0.806. The van der Waals surface area contributed by atoms with Crippen molar-refractivity contribution in [2.75, 3.05) is 25.2 Å². The van der Waals surface area contributed by atoms with Gasteiger partial charge in [-0.05, 0) is 17.7 Å². The predicted octanol–water partition coefficient (Wildman–Crippen LogP) is 1.65. The van der Waals surface area contributed by atoms with Crippen molar-refractivity contribution in [3.8, 4) is 11.5 Å². The van der Waals surface area contributed by atoms with Crippen LogP contribution in [0.15, 0.2) is 42.5 Å². The third kappa shape index (κ3) is 2.81. The number of aliphatic hydroxyl groups excluding tert-OH is 2. The number of aliphatic hydroxyl groups is 2. The van der Waals surface area contributed by atoms with Crippen molar-refractivity contribution in [3.63, 3.8) is 0 Å². The molecule has 6 heteroatoms. The molecule has 1 aliphatic rings. The Kier molecular flexibility index (Phi) is 4.69. The number of carbonyl (C=O) groups excluding carboxylic acids is 1. The summed E-state index contributed by atoms with van der Waals surface area (Å²) in [5.74, 6) is 0.601. The number of anilines is 1. The van der Waals surface area contributed by atoms with Gasteiger partial charge in [0.1, 0.15) is 0 Å². The van der Waals surface area contributed by atoms with E-state index < -0.39 is 6.10 Å². The van der Waals surface area contributed by atoms with E-state index in [4.69, 9.17) is 9.47 Å². The Bertz CT molecular complexity index is 732. The van der Waals surface area contributed by atoms with Gasteiger partial charge in [0.05, 0.1) is 26.0 Å². The minimum Gasteiger partial charge on any atom is -0.493 e. The highest BCUT2D eigenvalue weighted by atomic mass is 16.5. The summed E-state index contributed by atoms with van der Waals surface area (Å²) in [4.78, 5) is 14.3. The number of carbonyl (C=O) groups is 1. The van der Waals surface area contributed by atoms with Crippen LogP contribution in [0.2, 0.25) is 0 Å². The van der Waals surface area contributed by atoms with Crippen molar-refractivity contribution in [1.29, 1.82) is 0 Å². The number of rotatable bonds is 5. The lowest BCUT2D eigenvalue weighted by Crippen LogP contribution is -2.42. The number of β-amino-alcohol motifs (C(OH)–C–C–N with tert-alkyl or cyclic N) is 1. The summed E-state index contributed by atoms with van der Waals surface area (Å²) in [7, 11) is 1.50. The Morgan fingerprint density at radius 2 is 1.96 bits per heavy atom. The number of ether oxygens (including phenoxy) is 2. The van der Waals surface area contributed by atoms with Gasteiger partial charge in [-0.3, -0.25) is 4.79 Å². The summed E-state index contributed by atoms with van der Waals surface area (Å²) in [6.07, 6.45) is -0.806. The predicted molar refractivity (Wildman–Crippen MR) is 88.2 cm³/mol. The largest absolute Gasteiger partial charge is 0.493 e. The Balaban J connectivity index is 2.12. The van der Waals surface area contributed by atoms with Gasteiger partial charge >= 0.3 is 0 Å². The molecule has 1 unspecified atom stereocenters. The van der Waals surface area contributed by atoms with Gasteiger partial charge in [0.25, 0.3) is 5.91 Å².